The minimum absolute atomic E-state index is 0.0498. The van der Waals surface area contributed by atoms with Gasteiger partial charge in [-0.15, -0.1) is 10.2 Å². The van der Waals surface area contributed by atoms with Gasteiger partial charge in [-0.1, -0.05) is 31.4 Å². The molecule has 1 aromatic carbocycles. The molecule has 5 nitrogen and oxygen atoms in total. The Kier molecular flexibility index (Phi) is 4.55. The van der Waals surface area contributed by atoms with Crippen LogP contribution in [0.2, 0.25) is 0 Å². The van der Waals surface area contributed by atoms with Gasteiger partial charge in [0.05, 0.1) is 6.54 Å². The van der Waals surface area contributed by atoms with Crippen molar-refractivity contribution in [1.82, 2.24) is 20.1 Å². The number of hydrogen-bond donors (Lipinski definition) is 1. The summed E-state index contributed by atoms with van der Waals surface area (Å²) < 4.78 is 2.02. The van der Waals surface area contributed by atoms with E-state index in [9.17, 15) is 4.79 Å². The van der Waals surface area contributed by atoms with E-state index in [4.69, 9.17) is 0 Å². The van der Waals surface area contributed by atoms with Crippen molar-refractivity contribution in [3.63, 3.8) is 0 Å². The third-order valence-corrected chi connectivity index (χ3v) is 5.60. The minimum atomic E-state index is -0.0498. The van der Waals surface area contributed by atoms with Gasteiger partial charge in [0.15, 0.2) is 5.82 Å². The van der Waals surface area contributed by atoms with E-state index < -0.39 is 0 Å². The van der Waals surface area contributed by atoms with Gasteiger partial charge in [0.25, 0.3) is 5.91 Å². The third-order valence-electron chi connectivity index (χ3n) is 5.60. The van der Waals surface area contributed by atoms with E-state index in [1.807, 2.05) is 23.7 Å². The number of nitrogens with zero attached hydrogens (tertiary/aromatic N) is 3. The largest absolute Gasteiger partial charge is 0.345 e. The number of carbonyl (C=O) groups excluding carboxylic acids is 1. The molecule has 0 spiro atoms. The first-order chi connectivity index (χ1) is 12.2. The van der Waals surface area contributed by atoms with Crippen LogP contribution >= 0.6 is 0 Å². The number of benzene rings is 1. The summed E-state index contributed by atoms with van der Waals surface area (Å²) in [4.78, 5) is 12.4. The molecule has 1 heterocycles. The quantitative estimate of drug-likeness (QED) is 0.905. The summed E-state index contributed by atoms with van der Waals surface area (Å²) in [7, 11) is 1.98. The molecular weight excluding hydrogens is 312 g/mol. The molecule has 4 rings (SSSR count). The van der Waals surface area contributed by atoms with Gasteiger partial charge in [0.1, 0.15) is 5.82 Å². The second kappa shape index (κ2) is 6.98. The van der Waals surface area contributed by atoms with Gasteiger partial charge in [0, 0.05) is 18.5 Å². The molecule has 0 saturated heterocycles. The van der Waals surface area contributed by atoms with Crippen LogP contribution in [0.3, 0.4) is 0 Å². The zero-order chi connectivity index (χ0) is 17.2. The SMILES string of the molecule is Cn1c(CNC(=O)c2ccc(C3CCCCC3)cc2)nnc1C1CC1. The Bertz CT molecular complexity index is 740. The lowest BCUT2D eigenvalue weighted by Crippen LogP contribution is -2.24. The molecule has 1 aromatic heterocycles. The second-order valence-electron chi connectivity index (χ2n) is 7.45. The summed E-state index contributed by atoms with van der Waals surface area (Å²) in [6.45, 7) is 0.416. The van der Waals surface area contributed by atoms with Gasteiger partial charge in [-0.25, -0.2) is 0 Å². The first kappa shape index (κ1) is 16.3. The van der Waals surface area contributed by atoms with E-state index in [0.717, 1.165) is 11.6 Å². The van der Waals surface area contributed by atoms with Gasteiger partial charge in [-0.3, -0.25) is 4.79 Å². The van der Waals surface area contributed by atoms with Crippen molar-refractivity contribution in [3.05, 3.63) is 47.0 Å². The molecule has 5 heteroatoms. The molecular formula is C20H26N4O. The first-order valence-corrected chi connectivity index (χ1v) is 9.48. The lowest BCUT2D eigenvalue weighted by atomic mass is 9.84. The highest BCUT2D eigenvalue weighted by Crippen LogP contribution is 2.38. The molecule has 2 aromatic rings. The number of hydrogen-bond acceptors (Lipinski definition) is 3. The molecule has 0 bridgehead atoms. The van der Waals surface area contributed by atoms with Crippen LogP contribution in [0, 0.1) is 0 Å². The van der Waals surface area contributed by atoms with Crippen molar-refractivity contribution in [3.8, 4) is 0 Å². The van der Waals surface area contributed by atoms with E-state index in [0.29, 0.717) is 23.9 Å². The van der Waals surface area contributed by atoms with E-state index >= 15 is 0 Å². The average molecular weight is 338 g/mol. The molecule has 0 aliphatic heterocycles. The Labute approximate surface area is 148 Å². The lowest BCUT2D eigenvalue weighted by Gasteiger charge is -2.22. The number of carbonyl (C=O) groups is 1. The maximum atomic E-state index is 12.4. The summed E-state index contributed by atoms with van der Waals surface area (Å²) in [5.74, 6) is 3.04. The van der Waals surface area contributed by atoms with Gasteiger partial charge in [0.2, 0.25) is 0 Å². The summed E-state index contributed by atoms with van der Waals surface area (Å²) in [6.07, 6.45) is 8.97. The fraction of sp³-hybridized carbons (Fsp3) is 0.550. The predicted octanol–water partition coefficient (Wildman–Crippen LogP) is 3.67. The molecule has 2 saturated carbocycles. The Morgan fingerprint density at radius 1 is 1.04 bits per heavy atom. The van der Waals surface area contributed by atoms with Crippen molar-refractivity contribution >= 4 is 5.91 Å². The summed E-state index contributed by atoms with van der Waals surface area (Å²) in [5.41, 5.74) is 2.09. The van der Waals surface area contributed by atoms with Crippen LogP contribution in [-0.2, 0) is 13.6 Å². The van der Waals surface area contributed by atoms with Gasteiger partial charge < -0.3 is 9.88 Å². The Balaban J connectivity index is 1.36. The summed E-state index contributed by atoms with van der Waals surface area (Å²) in [5, 5.41) is 11.4. The van der Waals surface area contributed by atoms with Crippen LogP contribution in [0.25, 0.3) is 0 Å². The molecule has 2 aliphatic carbocycles. The predicted molar refractivity (Wildman–Crippen MR) is 96.4 cm³/mol. The lowest BCUT2D eigenvalue weighted by molar-refractivity contribution is 0.0949. The van der Waals surface area contributed by atoms with Crippen LogP contribution < -0.4 is 5.32 Å². The van der Waals surface area contributed by atoms with Crippen LogP contribution in [0.4, 0.5) is 0 Å². The van der Waals surface area contributed by atoms with Gasteiger partial charge in [-0.05, 0) is 49.3 Å². The molecule has 0 radical (unpaired) electrons. The summed E-state index contributed by atoms with van der Waals surface area (Å²) >= 11 is 0. The molecule has 1 N–H and O–H groups in total. The standard InChI is InChI=1S/C20H26N4O/c1-24-18(22-23-19(24)16-9-10-16)13-21-20(25)17-11-7-15(8-12-17)14-5-3-2-4-6-14/h7-8,11-12,14,16H,2-6,9-10,13H2,1H3,(H,21,25). The van der Waals surface area contributed by atoms with E-state index in [2.05, 4.69) is 27.6 Å². The fourth-order valence-corrected chi connectivity index (χ4v) is 3.83. The number of aromatic nitrogens is 3. The van der Waals surface area contributed by atoms with Gasteiger partial charge in [-0.2, -0.15) is 0 Å². The molecule has 1 amide bonds. The highest BCUT2D eigenvalue weighted by Gasteiger charge is 2.29. The number of amides is 1. The van der Waals surface area contributed by atoms with E-state index in [1.54, 1.807) is 0 Å². The number of nitrogens with one attached hydrogen (secondary N) is 1. The highest BCUT2D eigenvalue weighted by molar-refractivity contribution is 5.94. The van der Waals surface area contributed by atoms with Crippen LogP contribution in [0.15, 0.2) is 24.3 Å². The van der Waals surface area contributed by atoms with Crippen molar-refractivity contribution < 1.29 is 4.79 Å². The fourth-order valence-electron chi connectivity index (χ4n) is 3.83. The molecule has 132 valence electrons. The van der Waals surface area contributed by atoms with E-state index in [1.165, 1.54) is 50.5 Å². The number of rotatable bonds is 5. The third kappa shape index (κ3) is 3.60. The molecule has 2 fully saturated rings. The second-order valence-corrected chi connectivity index (χ2v) is 7.45. The van der Waals surface area contributed by atoms with Gasteiger partial charge >= 0.3 is 0 Å². The molecule has 2 aliphatic rings. The maximum absolute atomic E-state index is 12.4. The molecule has 0 unspecified atom stereocenters. The maximum Gasteiger partial charge on any atom is 0.251 e. The Morgan fingerprint density at radius 2 is 1.76 bits per heavy atom. The normalized spacial score (nSPS) is 18.3. The van der Waals surface area contributed by atoms with E-state index in [-0.39, 0.29) is 5.91 Å². The Hall–Kier alpha value is -2.17. The zero-order valence-corrected chi connectivity index (χ0v) is 14.9. The topological polar surface area (TPSA) is 59.8 Å². The monoisotopic (exact) mass is 338 g/mol. The first-order valence-electron chi connectivity index (χ1n) is 9.48. The van der Waals surface area contributed by atoms with Crippen molar-refractivity contribution in [2.24, 2.45) is 7.05 Å². The Morgan fingerprint density at radius 3 is 2.44 bits per heavy atom. The van der Waals surface area contributed by atoms with Crippen LogP contribution in [0.5, 0.6) is 0 Å². The zero-order valence-electron chi connectivity index (χ0n) is 14.9. The van der Waals surface area contributed by atoms with Crippen LogP contribution in [0.1, 0.15) is 84.4 Å². The smallest absolute Gasteiger partial charge is 0.251 e. The van der Waals surface area contributed by atoms with Crippen LogP contribution in [-0.4, -0.2) is 20.7 Å². The highest BCUT2D eigenvalue weighted by atomic mass is 16.1. The molecule has 0 atom stereocenters. The van der Waals surface area contributed by atoms with Crippen molar-refractivity contribution in [2.75, 3.05) is 0 Å². The minimum Gasteiger partial charge on any atom is -0.345 e. The molecule has 25 heavy (non-hydrogen) atoms. The summed E-state index contributed by atoms with van der Waals surface area (Å²) in [6, 6.07) is 8.15. The van der Waals surface area contributed by atoms with Crippen molar-refractivity contribution in [2.45, 2.75) is 63.3 Å². The van der Waals surface area contributed by atoms with Crippen molar-refractivity contribution in [1.29, 1.82) is 0 Å². The average Bonchev–Trinajstić information content (AvgIpc) is 3.44.